The maximum Gasteiger partial charge on any atom is 0.255 e. The predicted molar refractivity (Wildman–Crippen MR) is 88.9 cm³/mol. The summed E-state index contributed by atoms with van der Waals surface area (Å²) in [4.78, 5) is 23.7. The molecule has 0 fully saturated rings. The molecule has 2 amide bonds. The van der Waals surface area contributed by atoms with Crippen LogP contribution in [-0.4, -0.2) is 11.8 Å². The van der Waals surface area contributed by atoms with Crippen LogP contribution < -0.4 is 10.6 Å². The quantitative estimate of drug-likeness (QED) is 0.878. The smallest absolute Gasteiger partial charge is 0.255 e. The minimum Gasteiger partial charge on any atom is -0.326 e. The lowest BCUT2D eigenvalue weighted by Gasteiger charge is -2.09. The fourth-order valence-corrected chi connectivity index (χ4v) is 2.01. The van der Waals surface area contributed by atoms with Crippen molar-refractivity contribution in [3.05, 3.63) is 60.2 Å². The van der Waals surface area contributed by atoms with E-state index in [-0.39, 0.29) is 11.8 Å². The van der Waals surface area contributed by atoms with Crippen molar-refractivity contribution in [2.45, 2.75) is 20.3 Å². The molecule has 4 nitrogen and oxygen atoms in total. The van der Waals surface area contributed by atoms with Gasteiger partial charge in [-0.3, -0.25) is 9.59 Å². The zero-order valence-corrected chi connectivity index (χ0v) is 12.8. The number of carbonyl (C=O) groups is 2. The highest BCUT2D eigenvalue weighted by molar-refractivity contribution is 6.04. The number of anilines is 2. The van der Waals surface area contributed by atoms with Crippen molar-refractivity contribution in [1.82, 2.24) is 0 Å². The van der Waals surface area contributed by atoms with Crippen LogP contribution in [0.1, 0.15) is 30.6 Å². The van der Waals surface area contributed by atoms with Gasteiger partial charge >= 0.3 is 0 Å². The van der Waals surface area contributed by atoms with E-state index in [1.165, 1.54) is 0 Å². The Kier molecular flexibility index (Phi) is 5.31. The predicted octanol–water partition coefficient (Wildman–Crippen LogP) is 3.92. The Balaban J connectivity index is 1.95. The summed E-state index contributed by atoms with van der Waals surface area (Å²) in [5.41, 5.74) is 2.02. The molecule has 114 valence electrons. The molecule has 22 heavy (non-hydrogen) atoms. The van der Waals surface area contributed by atoms with Crippen LogP contribution in [0.3, 0.4) is 0 Å². The molecule has 0 heterocycles. The van der Waals surface area contributed by atoms with Gasteiger partial charge in [0.15, 0.2) is 0 Å². The average Bonchev–Trinajstić information content (AvgIpc) is 2.49. The molecule has 0 spiro atoms. The maximum atomic E-state index is 12.0. The van der Waals surface area contributed by atoms with Gasteiger partial charge in [0.05, 0.1) is 0 Å². The fraction of sp³-hybridized carbons (Fsp3) is 0.222. The second-order valence-corrected chi connectivity index (χ2v) is 5.54. The Morgan fingerprint density at radius 2 is 1.41 bits per heavy atom. The summed E-state index contributed by atoms with van der Waals surface area (Å²) in [5.74, 6) is 0.165. The van der Waals surface area contributed by atoms with Gasteiger partial charge < -0.3 is 10.6 Å². The normalized spacial score (nSPS) is 10.3. The number of nitrogens with one attached hydrogen (secondary N) is 2. The van der Waals surface area contributed by atoms with Crippen molar-refractivity contribution in [3.8, 4) is 0 Å². The SMILES string of the molecule is CC(C)CC(=O)Nc1ccc(NC(=O)c2ccccc2)cc1. The first-order valence-corrected chi connectivity index (χ1v) is 7.31. The largest absolute Gasteiger partial charge is 0.326 e. The molecule has 2 aromatic carbocycles. The molecule has 0 atom stereocenters. The Labute approximate surface area is 130 Å². The van der Waals surface area contributed by atoms with Crippen LogP contribution in [0.4, 0.5) is 11.4 Å². The number of carbonyl (C=O) groups excluding carboxylic acids is 2. The van der Waals surface area contributed by atoms with Gasteiger partial charge in [-0.05, 0) is 42.3 Å². The number of benzene rings is 2. The highest BCUT2D eigenvalue weighted by Gasteiger charge is 2.07. The Morgan fingerprint density at radius 3 is 1.95 bits per heavy atom. The third-order valence-corrected chi connectivity index (χ3v) is 3.06. The van der Waals surface area contributed by atoms with Crippen LogP contribution >= 0.6 is 0 Å². The van der Waals surface area contributed by atoms with Crippen LogP contribution in [0.15, 0.2) is 54.6 Å². The summed E-state index contributed by atoms with van der Waals surface area (Å²) in [6, 6.07) is 16.1. The monoisotopic (exact) mass is 296 g/mol. The van der Waals surface area contributed by atoms with Crippen molar-refractivity contribution in [1.29, 1.82) is 0 Å². The van der Waals surface area contributed by atoms with Gasteiger partial charge in [0, 0.05) is 23.4 Å². The van der Waals surface area contributed by atoms with Gasteiger partial charge in [0.25, 0.3) is 5.91 Å². The van der Waals surface area contributed by atoms with Gasteiger partial charge in [-0.2, -0.15) is 0 Å². The van der Waals surface area contributed by atoms with Gasteiger partial charge in [-0.1, -0.05) is 32.0 Å². The third kappa shape index (κ3) is 4.74. The summed E-state index contributed by atoms with van der Waals surface area (Å²) in [6.45, 7) is 4.00. The Hall–Kier alpha value is -2.62. The lowest BCUT2D eigenvalue weighted by atomic mass is 10.1. The zero-order chi connectivity index (χ0) is 15.9. The maximum absolute atomic E-state index is 12.0. The van der Waals surface area contributed by atoms with Crippen molar-refractivity contribution in [2.75, 3.05) is 10.6 Å². The summed E-state index contributed by atoms with van der Waals surface area (Å²) >= 11 is 0. The topological polar surface area (TPSA) is 58.2 Å². The van der Waals surface area contributed by atoms with Gasteiger partial charge in [-0.15, -0.1) is 0 Å². The minimum absolute atomic E-state index is 0.00364. The molecular weight excluding hydrogens is 276 g/mol. The number of rotatable bonds is 5. The summed E-state index contributed by atoms with van der Waals surface area (Å²) in [6.07, 6.45) is 0.493. The van der Waals surface area contributed by atoms with E-state index in [9.17, 15) is 9.59 Å². The Morgan fingerprint density at radius 1 is 0.864 bits per heavy atom. The standard InChI is InChI=1S/C18H20N2O2/c1-13(2)12-17(21)19-15-8-10-16(11-9-15)20-18(22)14-6-4-3-5-7-14/h3-11,13H,12H2,1-2H3,(H,19,21)(H,20,22). The first kappa shape index (κ1) is 15.8. The zero-order valence-electron chi connectivity index (χ0n) is 12.8. The van der Waals surface area contributed by atoms with Crippen LogP contribution in [-0.2, 0) is 4.79 Å². The lowest BCUT2D eigenvalue weighted by Crippen LogP contribution is -2.14. The molecule has 0 saturated carbocycles. The van der Waals surface area contributed by atoms with Gasteiger partial charge in [0.1, 0.15) is 0 Å². The molecule has 0 bridgehead atoms. The fourth-order valence-electron chi connectivity index (χ4n) is 2.01. The number of amides is 2. The number of hydrogen-bond acceptors (Lipinski definition) is 2. The highest BCUT2D eigenvalue weighted by Crippen LogP contribution is 2.15. The molecule has 2 rings (SSSR count). The molecular formula is C18H20N2O2. The van der Waals surface area contributed by atoms with Crippen LogP contribution in [0.5, 0.6) is 0 Å². The van der Waals surface area contributed by atoms with E-state index in [1.807, 2.05) is 32.0 Å². The molecule has 4 heteroatoms. The van der Waals surface area contributed by atoms with E-state index in [0.29, 0.717) is 23.6 Å². The summed E-state index contributed by atoms with van der Waals surface area (Å²) < 4.78 is 0. The van der Waals surface area contributed by atoms with E-state index in [4.69, 9.17) is 0 Å². The first-order valence-electron chi connectivity index (χ1n) is 7.31. The van der Waals surface area contributed by atoms with Crippen molar-refractivity contribution < 1.29 is 9.59 Å². The van der Waals surface area contributed by atoms with Crippen LogP contribution in [0.2, 0.25) is 0 Å². The second-order valence-electron chi connectivity index (χ2n) is 5.54. The highest BCUT2D eigenvalue weighted by atomic mass is 16.2. The van der Waals surface area contributed by atoms with E-state index >= 15 is 0 Å². The average molecular weight is 296 g/mol. The Bertz CT molecular complexity index is 634. The van der Waals surface area contributed by atoms with Crippen molar-refractivity contribution >= 4 is 23.2 Å². The first-order chi connectivity index (χ1) is 10.5. The summed E-state index contributed by atoms with van der Waals surface area (Å²) in [7, 11) is 0. The van der Waals surface area contributed by atoms with Crippen LogP contribution in [0, 0.1) is 5.92 Å². The van der Waals surface area contributed by atoms with E-state index in [1.54, 1.807) is 36.4 Å². The minimum atomic E-state index is -0.155. The molecule has 0 saturated heterocycles. The second kappa shape index (κ2) is 7.41. The molecule has 0 radical (unpaired) electrons. The van der Waals surface area contributed by atoms with E-state index < -0.39 is 0 Å². The molecule has 0 unspecified atom stereocenters. The third-order valence-electron chi connectivity index (χ3n) is 3.06. The van der Waals surface area contributed by atoms with Crippen molar-refractivity contribution in [3.63, 3.8) is 0 Å². The van der Waals surface area contributed by atoms with Gasteiger partial charge in [-0.25, -0.2) is 0 Å². The molecule has 2 aromatic rings. The molecule has 2 N–H and O–H groups in total. The molecule has 0 aliphatic rings. The molecule has 0 aromatic heterocycles. The molecule has 0 aliphatic carbocycles. The van der Waals surface area contributed by atoms with Gasteiger partial charge in [0.2, 0.25) is 5.91 Å². The summed E-state index contributed by atoms with van der Waals surface area (Å²) in [5, 5.41) is 5.65. The lowest BCUT2D eigenvalue weighted by molar-refractivity contribution is -0.116. The van der Waals surface area contributed by atoms with E-state index in [2.05, 4.69) is 10.6 Å². The van der Waals surface area contributed by atoms with E-state index in [0.717, 1.165) is 5.69 Å². The molecule has 0 aliphatic heterocycles. The van der Waals surface area contributed by atoms with Crippen LogP contribution in [0.25, 0.3) is 0 Å². The van der Waals surface area contributed by atoms with Crippen molar-refractivity contribution in [2.24, 2.45) is 5.92 Å². The number of hydrogen-bond donors (Lipinski definition) is 2.